The fourth-order valence-corrected chi connectivity index (χ4v) is 5.04. The van der Waals surface area contributed by atoms with Gasteiger partial charge < -0.3 is 10.6 Å². The molecule has 2 amide bonds. The molecule has 1 aliphatic rings. The summed E-state index contributed by atoms with van der Waals surface area (Å²) in [6.07, 6.45) is 0. The van der Waals surface area contributed by atoms with Crippen molar-refractivity contribution in [3.05, 3.63) is 93.2 Å². The van der Waals surface area contributed by atoms with E-state index in [-0.39, 0.29) is 5.91 Å². The SMILES string of the molecule is Cc1ccc(C(=O)Nc2ccc(F)cc2)cc1NC(=O)[C@H]1[C@H](c2cc(Cl)cc(Cl)c2)C1(Cl)Cl. The van der Waals surface area contributed by atoms with E-state index >= 15 is 0 Å². The molecule has 3 aromatic carbocycles. The number of hydrogen-bond acceptors (Lipinski definition) is 2. The molecule has 0 unspecified atom stereocenters. The van der Waals surface area contributed by atoms with Gasteiger partial charge in [-0.15, -0.1) is 23.2 Å². The predicted molar refractivity (Wildman–Crippen MR) is 131 cm³/mol. The summed E-state index contributed by atoms with van der Waals surface area (Å²) in [5.41, 5.74) is 2.63. The van der Waals surface area contributed by atoms with Crippen molar-refractivity contribution in [3.8, 4) is 0 Å². The van der Waals surface area contributed by atoms with E-state index in [1.165, 1.54) is 24.3 Å². The van der Waals surface area contributed by atoms with Gasteiger partial charge in [-0.05, 0) is 72.6 Å². The molecule has 0 saturated heterocycles. The van der Waals surface area contributed by atoms with Gasteiger partial charge in [0, 0.05) is 32.9 Å². The lowest BCUT2D eigenvalue weighted by Crippen LogP contribution is -2.19. The van der Waals surface area contributed by atoms with Gasteiger partial charge in [-0.1, -0.05) is 29.3 Å². The second-order valence-electron chi connectivity index (χ2n) is 7.81. The second kappa shape index (κ2) is 9.15. The molecule has 4 nitrogen and oxygen atoms in total. The molecule has 0 heterocycles. The summed E-state index contributed by atoms with van der Waals surface area (Å²) in [5, 5.41) is 6.35. The highest BCUT2D eigenvalue weighted by Crippen LogP contribution is 2.65. The number of carbonyl (C=O) groups is 2. The van der Waals surface area contributed by atoms with Gasteiger partial charge in [-0.3, -0.25) is 9.59 Å². The third-order valence-electron chi connectivity index (χ3n) is 5.44. The molecule has 2 N–H and O–H groups in total. The fourth-order valence-electron chi connectivity index (χ4n) is 3.67. The largest absolute Gasteiger partial charge is 0.325 e. The van der Waals surface area contributed by atoms with Gasteiger partial charge in [0.2, 0.25) is 5.91 Å². The Morgan fingerprint density at radius 2 is 1.55 bits per heavy atom. The molecule has 1 aliphatic carbocycles. The van der Waals surface area contributed by atoms with Crippen molar-refractivity contribution in [2.45, 2.75) is 17.2 Å². The van der Waals surface area contributed by atoms with E-state index in [0.29, 0.717) is 32.5 Å². The molecular formula is C24H17Cl4FN2O2. The van der Waals surface area contributed by atoms with Gasteiger partial charge in [0.25, 0.3) is 5.91 Å². The van der Waals surface area contributed by atoms with E-state index < -0.39 is 27.9 Å². The normalized spacial score (nSPS) is 18.5. The average Bonchev–Trinajstić information content (AvgIpc) is 3.32. The lowest BCUT2D eigenvalue weighted by atomic mass is 10.1. The van der Waals surface area contributed by atoms with E-state index in [2.05, 4.69) is 10.6 Å². The summed E-state index contributed by atoms with van der Waals surface area (Å²) >= 11 is 25.0. The van der Waals surface area contributed by atoms with E-state index in [1.807, 2.05) is 0 Å². The Bertz CT molecular complexity index is 1230. The average molecular weight is 526 g/mol. The van der Waals surface area contributed by atoms with Gasteiger partial charge >= 0.3 is 0 Å². The first-order chi connectivity index (χ1) is 15.6. The van der Waals surface area contributed by atoms with E-state index in [1.54, 1.807) is 43.3 Å². The minimum absolute atomic E-state index is 0.317. The summed E-state index contributed by atoms with van der Waals surface area (Å²) < 4.78 is 11.8. The highest BCUT2D eigenvalue weighted by molar-refractivity contribution is 6.53. The standard InChI is InChI=1S/C24H17Cl4FN2O2/c1-12-2-3-13(22(32)30-18-6-4-17(29)5-7-18)10-19(12)31-23(33)21-20(24(21,27)28)14-8-15(25)11-16(26)9-14/h2-11,20-21H,1H3,(H,30,32)(H,31,33)/t20-,21+/m0/s1. The first-order valence-electron chi connectivity index (χ1n) is 9.88. The van der Waals surface area contributed by atoms with Gasteiger partial charge in [-0.25, -0.2) is 4.39 Å². The Morgan fingerprint density at radius 3 is 2.18 bits per heavy atom. The van der Waals surface area contributed by atoms with Crippen molar-refractivity contribution in [1.82, 2.24) is 0 Å². The predicted octanol–water partition coefficient (Wildman–Crippen LogP) is 7.22. The number of anilines is 2. The molecule has 0 aromatic heterocycles. The first kappa shape index (κ1) is 23.8. The molecular weight excluding hydrogens is 509 g/mol. The highest BCUT2D eigenvalue weighted by atomic mass is 35.5. The molecule has 9 heteroatoms. The zero-order valence-electron chi connectivity index (χ0n) is 17.1. The summed E-state index contributed by atoms with van der Waals surface area (Å²) in [5.74, 6) is -2.41. The maximum Gasteiger partial charge on any atom is 0.255 e. The minimum atomic E-state index is -1.32. The number of halogens is 5. The number of amides is 2. The number of benzene rings is 3. The van der Waals surface area contributed by atoms with Crippen LogP contribution < -0.4 is 10.6 Å². The monoisotopic (exact) mass is 524 g/mol. The molecule has 2 atom stereocenters. The third kappa shape index (κ3) is 5.12. The van der Waals surface area contributed by atoms with E-state index in [0.717, 1.165) is 5.56 Å². The Labute approximate surface area is 210 Å². The Balaban J connectivity index is 1.51. The van der Waals surface area contributed by atoms with Crippen LogP contribution in [0.15, 0.2) is 60.7 Å². The molecule has 4 rings (SSSR count). The van der Waals surface area contributed by atoms with Crippen LogP contribution >= 0.6 is 46.4 Å². The van der Waals surface area contributed by atoms with E-state index in [9.17, 15) is 14.0 Å². The van der Waals surface area contributed by atoms with Crippen LogP contribution in [0, 0.1) is 18.7 Å². The van der Waals surface area contributed by atoms with Crippen LogP contribution in [0.5, 0.6) is 0 Å². The molecule has 1 saturated carbocycles. The lowest BCUT2D eigenvalue weighted by Gasteiger charge is -2.11. The number of carbonyl (C=O) groups excluding carboxylic acids is 2. The van der Waals surface area contributed by atoms with Crippen molar-refractivity contribution >= 4 is 69.6 Å². The Kier molecular flexibility index (Phi) is 6.61. The van der Waals surface area contributed by atoms with Crippen molar-refractivity contribution in [2.75, 3.05) is 10.6 Å². The van der Waals surface area contributed by atoms with Crippen molar-refractivity contribution in [2.24, 2.45) is 5.92 Å². The van der Waals surface area contributed by atoms with E-state index in [4.69, 9.17) is 46.4 Å². The Morgan fingerprint density at radius 1 is 0.909 bits per heavy atom. The zero-order valence-corrected chi connectivity index (χ0v) is 20.2. The molecule has 170 valence electrons. The summed E-state index contributed by atoms with van der Waals surface area (Å²) in [6.45, 7) is 1.80. The van der Waals surface area contributed by atoms with Gasteiger partial charge in [-0.2, -0.15) is 0 Å². The molecule has 1 fully saturated rings. The van der Waals surface area contributed by atoms with Crippen molar-refractivity contribution < 1.29 is 14.0 Å². The summed E-state index contributed by atoms with van der Waals surface area (Å²) in [7, 11) is 0. The number of hydrogen-bond donors (Lipinski definition) is 2. The molecule has 0 spiro atoms. The minimum Gasteiger partial charge on any atom is -0.325 e. The van der Waals surface area contributed by atoms with Crippen molar-refractivity contribution in [3.63, 3.8) is 0 Å². The number of aryl methyl sites for hydroxylation is 1. The Hall–Kier alpha value is -2.31. The maximum atomic E-state index is 13.1. The van der Waals surface area contributed by atoms with Crippen molar-refractivity contribution in [1.29, 1.82) is 0 Å². The van der Waals surface area contributed by atoms with Crippen LogP contribution in [0.25, 0.3) is 0 Å². The van der Waals surface area contributed by atoms with Crippen LogP contribution in [-0.2, 0) is 4.79 Å². The van der Waals surface area contributed by atoms with Gasteiger partial charge in [0.1, 0.15) is 10.2 Å². The molecule has 0 aliphatic heterocycles. The van der Waals surface area contributed by atoms with Crippen LogP contribution in [0.2, 0.25) is 10.0 Å². The summed E-state index contributed by atoms with van der Waals surface area (Å²) in [6, 6.07) is 15.3. The first-order valence-corrected chi connectivity index (χ1v) is 11.4. The lowest BCUT2D eigenvalue weighted by molar-refractivity contribution is -0.117. The quantitative estimate of drug-likeness (QED) is 0.345. The fraction of sp³-hybridized carbons (Fsp3) is 0.167. The smallest absolute Gasteiger partial charge is 0.255 e. The maximum absolute atomic E-state index is 13.1. The number of nitrogens with one attached hydrogen (secondary N) is 2. The number of alkyl halides is 2. The molecule has 33 heavy (non-hydrogen) atoms. The van der Waals surface area contributed by atoms with Crippen LogP contribution in [0.1, 0.15) is 27.4 Å². The number of rotatable bonds is 5. The molecule has 3 aromatic rings. The van der Waals surface area contributed by atoms with Crippen LogP contribution in [0.3, 0.4) is 0 Å². The highest BCUT2D eigenvalue weighted by Gasteiger charge is 2.67. The topological polar surface area (TPSA) is 58.2 Å². The van der Waals surface area contributed by atoms with Gasteiger partial charge in [0.15, 0.2) is 0 Å². The zero-order chi connectivity index (χ0) is 23.9. The summed E-state index contributed by atoms with van der Waals surface area (Å²) in [4.78, 5) is 25.6. The van der Waals surface area contributed by atoms with Crippen LogP contribution in [0.4, 0.5) is 15.8 Å². The molecule has 0 bridgehead atoms. The third-order valence-corrected chi connectivity index (χ3v) is 6.82. The molecule has 0 radical (unpaired) electrons. The van der Waals surface area contributed by atoms with Gasteiger partial charge in [0.05, 0.1) is 5.92 Å². The second-order valence-corrected chi connectivity index (χ2v) is 10.1. The van der Waals surface area contributed by atoms with Crippen LogP contribution in [-0.4, -0.2) is 16.1 Å².